The molecule has 0 saturated carbocycles. The number of carbonyl (C=O) groups excluding carboxylic acids is 1. The van der Waals surface area contributed by atoms with E-state index in [1.807, 2.05) is 6.07 Å². The van der Waals surface area contributed by atoms with Crippen LogP contribution in [0.25, 0.3) is 22.0 Å². The molecule has 1 aromatic carbocycles. The molecule has 1 aliphatic heterocycles. The molecule has 1 atom stereocenters. The zero-order valence-corrected chi connectivity index (χ0v) is 25.0. The molecular weight excluding hydrogens is 572 g/mol. The SMILES string of the molecule is CC(C)N1CCN(Cc2nc(C(=O)Nc3cc(-c4cnc(Cl)c(NS(C)(=O)=O)c4)cc4[nH]ncc34)cs2)CC1C. The molecule has 0 radical (unpaired) electrons. The standard InChI is InChI=1S/C26H31ClN8O3S2/c1-15(2)35-6-5-34(12-16(35)3)13-24-30-23(14-39-24)26(36)31-20-7-17(8-21-19(20)11-29-32-21)18-9-22(25(27)28-10-18)33-40(4,37)38/h7-11,14-16,33H,5-6,12-13H2,1-4H3,(H,29,32)(H,31,36). The number of piperazine rings is 1. The fraction of sp³-hybridized carbons (Fsp3) is 0.385. The molecule has 3 aromatic heterocycles. The quantitative estimate of drug-likeness (QED) is 0.254. The van der Waals surface area contributed by atoms with Gasteiger partial charge in [-0.2, -0.15) is 5.10 Å². The summed E-state index contributed by atoms with van der Waals surface area (Å²) >= 11 is 7.58. The van der Waals surface area contributed by atoms with Gasteiger partial charge in [0.15, 0.2) is 5.15 Å². The van der Waals surface area contributed by atoms with Crippen LogP contribution in [0.15, 0.2) is 36.0 Å². The molecule has 4 aromatic rings. The second kappa shape index (κ2) is 11.4. The minimum absolute atomic E-state index is 0.0286. The maximum Gasteiger partial charge on any atom is 0.275 e. The highest BCUT2D eigenvalue weighted by Crippen LogP contribution is 2.33. The van der Waals surface area contributed by atoms with E-state index in [1.165, 1.54) is 17.5 Å². The Morgan fingerprint density at radius 2 is 1.98 bits per heavy atom. The molecule has 3 N–H and O–H groups in total. The van der Waals surface area contributed by atoms with Crippen LogP contribution in [0, 0.1) is 0 Å². The topological polar surface area (TPSA) is 136 Å². The molecule has 40 heavy (non-hydrogen) atoms. The van der Waals surface area contributed by atoms with Crippen molar-refractivity contribution in [1.82, 2.24) is 30.0 Å². The number of amides is 1. The minimum atomic E-state index is -3.55. The Bertz CT molecular complexity index is 1650. The van der Waals surface area contributed by atoms with Crippen molar-refractivity contribution in [2.75, 3.05) is 35.9 Å². The molecular formula is C26H31ClN8O3S2. The summed E-state index contributed by atoms with van der Waals surface area (Å²) in [6.45, 7) is 10.4. The number of rotatable bonds is 8. The number of hydrogen-bond donors (Lipinski definition) is 3. The van der Waals surface area contributed by atoms with Gasteiger partial charge in [-0.3, -0.25) is 24.4 Å². The number of carbonyl (C=O) groups is 1. The van der Waals surface area contributed by atoms with Crippen LogP contribution in [-0.4, -0.2) is 82.3 Å². The van der Waals surface area contributed by atoms with Gasteiger partial charge in [-0.25, -0.2) is 18.4 Å². The summed E-state index contributed by atoms with van der Waals surface area (Å²) in [5.74, 6) is -0.325. The number of hydrogen-bond acceptors (Lipinski definition) is 9. The number of nitrogens with zero attached hydrogens (tertiary/aromatic N) is 5. The third-order valence-corrected chi connectivity index (χ3v) is 8.57. The first-order valence-corrected chi connectivity index (χ1v) is 16.0. The zero-order chi connectivity index (χ0) is 28.6. The molecule has 1 aliphatic rings. The van der Waals surface area contributed by atoms with Crippen LogP contribution in [-0.2, 0) is 16.6 Å². The second-order valence-electron chi connectivity index (χ2n) is 10.3. The molecule has 1 fully saturated rings. The van der Waals surface area contributed by atoms with E-state index < -0.39 is 10.0 Å². The fourth-order valence-electron chi connectivity index (χ4n) is 5.02. The molecule has 4 heterocycles. The molecule has 1 amide bonds. The van der Waals surface area contributed by atoms with Crippen molar-refractivity contribution in [2.45, 2.75) is 39.4 Å². The van der Waals surface area contributed by atoms with Crippen molar-refractivity contribution in [3.8, 4) is 11.1 Å². The van der Waals surface area contributed by atoms with E-state index in [2.05, 4.69) is 60.8 Å². The van der Waals surface area contributed by atoms with Crippen LogP contribution in [0.4, 0.5) is 11.4 Å². The van der Waals surface area contributed by atoms with E-state index in [1.54, 1.807) is 23.7 Å². The Labute approximate surface area is 242 Å². The van der Waals surface area contributed by atoms with Gasteiger partial charge in [-0.1, -0.05) is 11.6 Å². The summed E-state index contributed by atoms with van der Waals surface area (Å²) in [5, 5.41) is 13.5. The normalized spacial score (nSPS) is 17.0. The lowest BCUT2D eigenvalue weighted by Crippen LogP contribution is -2.53. The molecule has 1 saturated heterocycles. The summed E-state index contributed by atoms with van der Waals surface area (Å²) < 4.78 is 25.9. The summed E-state index contributed by atoms with van der Waals surface area (Å²) in [4.78, 5) is 26.9. The smallest absolute Gasteiger partial charge is 0.275 e. The number of sulfonamides is 1. The molecule has 0 bridgehead atoms. The number of nitrogens with one attached hydrogen (secondary N) is 3. The lowest BCUT2D eigenvalue weighted by atomic mass is 10.0. The fourth-order valence-corrected chi connectivity index (χ4v) is 6.60. The van der Waals surface area contributed by atoms with Crippen LogP contribution in [0.2, 0.25) is 5.15 Å². The van der Waals surface area contributed by atoms with Crippen molar-refractivity contribution in [3.05, 3.63) is 51.8 Å². The Morgan fingerprint density at radius 1 is 1.20 bits per heavy atom. The number of thiazole rings is 1. The van der Waals surface area contributed by atoms with Gasteiger partial charge in [0.25, 0.3) is 5.91 Å². The third kappa shape index (κ3) is 6.44. The second-order valence-corrected chi connectivity index (χ2v) is 13.3. The van der Waals surface area contributed by atoms with E-state index in [4.69, 9.17) is 11.6 Å². The molecule has 0 spiro atoms. The maximum absolute atomic E-state index is 13.2. The van der Waals surface area contributed by atoms with Gasteiger partial charge in [-0.15, -0.1) is 11.3 Å². The Hall–Kier alpha value is -3.10. The van der Waals surface area contributed by atoms with Gasteiger partial charge >= 0.3 is 0 Å². The monoisotopic (exact) mass is 602 g/mol. The highest BCUT2D eigenvalue weighted by Gasteiger charge is 2.26. The maximum atomic E-state index is 13.2. The molecule has 5 rings (SSSR count). The van der Waals surface area contributed by atoms with Crippen LogP contribution in [0.1, 0.15) is 36.3 Å². The Morgan fingerprint density at radius 3 is 2.70 bits per heavy atom. The van der Waals surface area contributed by atoms with E-state index in [-0.39, 0.29) is 16.7 Å². The number of aromatic amines is 1. The van der Waals surface area contributed by atoms with Crippen molar-refractivity contribution in [3.63, 3.8) is 0 Å². The highest BCUT2D eigenvalue weighted by atomic mass is 35.5. The van der Waals surface area contributed by atoms with E-state index in [9.17, 15) is 13.2 Å². The number of pyridine rings is 1. The van der Waals surface area contributed by atoms with Crippen LogP contribution < -0.4 is 10.0 Å². The molecule has 212 valence electrons. The van der Waals surface area contributed by atoms with Crippen LogP contribution in [0.3, 0.4) is 0 Å². The zero-order valence-electron chi connectivity index (χ0n) is 22.6. The van der Waals surface area contributed by atoms with Gasteiger partial charge in [0.05, 0.1) is 35.9 Å². The highest BCUT2D eigenvalue weighted by molar-refractivity contribution is 7.92. The number of anilines is 2. The summed E-state index contributed by atoms with van der Waals surface area (Å²) in [7, 11) is -3.55. The number of fused-ring (bicyclic) bond motifs is 1. The summed E-state index contributed by atoms with van der Waals surface area (Å²) in [5.41, 5.74) is 3.02. The predicted molar refractivity (Wildman–Crippen MR) is 159 cm³/mol. The van der Waals surface area contributed by atoms with Crippen LogP contribution >= 0.6 is 22.9 Å². The molecule has 11 nitrogen and oxygen atoms in total. The van der Waals surface area contributed by atoms with Gasteiger partial charge in [0, 0.05) is 54.2 Å². The average molecular weight is 603 g/mol. The Kier molecular flexibility index (Phi) is 8.11. The van der Waals surface area contributed by atoms with Crippen molar-refractivity contribution >= 4 is 61.1 Å². The number of benzene rings is 1. The number of halogens is 1. The molecule has 1 unspecified atom stereocenters. The van der Waals surface area contributed by atoms with Crippen molar-refractivity contribution < 1.29 is 13.2 Å². The molecule has 0 aliphatic carbocycles. The summed E-state index contributed by atoms with van der Waals surface area (Å²) in [6.07, 6.45) is 4.21. The first kappa shape index (κ1) is 28.4. The number of aromatic nitrogens is 4. The largest absolute Gasteiger partial charge is 0.320 e. The van der Waals surface area contributed by atoms with Gasteiger partial charge in [-0.05, 0) is 44.5 Å². The van der Waals surface area contributed by atoms with Gasteiger partial charge in [0.1, 0.15) is 10.7 Å². The molecule has 14 heteroatoms. The third-order valence-electron chi connectivity index (χ3n) is 6.84. The predicted octanol–water partition coefficient (Wildman–Crippen LogP) is 4.27. The first-order chi connectivity index (χ1) is 19.0. The lowest BCUT2D eigenvalue weighted by molar-refractivity contribution is 0.0564. The first-order valence-electron chi connectivity index (χ1n) is 12.8. The van der Waals surface area contributed by atoms with Crippen LogP contribution in [0.5, 0.6) is 0 Å². The van der Waals surface area contributed by atoms with E-state index in [0.29, 0.717) is 46.7 Å². The van der Waals surface area contributed by atoms with E-state index >= 15 is 0 Å². The average Bonchev–Trinajstić information content (AvgIpc) is 3.54. The van der Waals surface area contributed by atoms with E-state index in [0.717, 1.165) is 36.3 Å². The lowest BCUT2D eigenvalue weighted by Gasteiger charge is -2.41. The van der Waals surface area contributed by atoms with Crippen molar-refractivity contribution in [1.29, 1.82) is 0 Å². The van der Waals surface area contributed by atoms with Crippen molar-refractivity contribution in [2.24, 2.45) is 0 Å². The minimum Gasteiger partial charge on any atom is -0.320 e. The van der Waals surface area contributed by atoms with Gasteiger partial charge < -0.3 is 5.32 Å². The number of H-pyrrole nitrogens is 1. The Balaban J connectivity index is 1.34. The summed E-state index contributed by atoms with van der Waals surface area (Å²) in [6, 6.07) is 6.21. The van der Waals surface area contributed by atoms with Gasteiger partial charge in [0.2, 0.25) is 10.0 Å².